The van der Waals surface area contributed by atoms with Crippen LogP contribution in [-0.4, -0.2) is 30.7 Å². The van der Waals surface area contributed by atoms with Gasteiger partial charge in [0, 0.05) is 18.2 Å². The van der Waals surface area contributed by atoms with Crippen LogP contribution in [0.2, 0.25) is 0 Å². The topological polar surface area (TPSA) is 60.0 Å². The molecule has 1 aliphatic heterocycles. The van der Waals surface area contributed by atoms with Gasteiger partial charge in [0.25, 0.3) is 0 Å². The number of hydrogen-bond acceptors (Lipinski definition) is 5. The van der Waals surface area contributed by atoms with Crippen LogP contribution in [0.25, 0.3) is 0 Å². The lowest BCUT2D eigenvalue weighted by atomic mass is 10.1. The maximum atomic E-state index is 9.78. The Morgan fingerprint density at radius 2 is 2.00 bits per heavy atom. The van der Waals surface area contributed by atoms with Gasteiger partial charge >= 0.3 is 0 Å². The molecule has 2 N–H and O–H groups in total. The van der Waals surface area contributed by atoms with Crippen molar-refractivity contribution in [1.82, 2.24) is 5.32 Å². The molecule has 0 saturated heterocycles. The molecule has 2 rings (SSSR count). The average Bonchev–Trinajstić information content (AvgIpc) is 2.82. The van der Waals surface area contributed by atoms with Crippen LogP contribution in [0.4, 0.5) is 0 Å². The Bertz CT molecular complexity index is 454. The summed E-state index contributed by atoms with van der Waals surface area (Å²) in [5.74, 6) is 2.16. The van der Waals surface area contributed by atoms with E-state index in [1.807, 2.05) is 12.1 Å². The van der Waals surface area contributed by atoms with Crippen LogP contribution in [0.5, 0.6) is 17.2 Å². The summed E-state index contributed by atoms with van der Waals surface area (Å²) in [4.78, 5) is 0. The molecule has 1 aromatic rings. The van der Waals surface area contributed by atoms with Gasteiger partial charge in [-0.25, -0.2) is 0 Å². The van der Waals surface area contributed by atoms with Crippen molar-refractivity contribution in [2.45, 2.75) is 39.3 Å². The molecule has 0 radical (unpaired) electrons. The summed E-state index contributed by atoms with van der Waals surface area (Å²) >= 11 is 0. The van der Waals surface area contributed by atoms with Crippen molar-refractivity contribution in [2.24, 2.45) is 0 Å². The summed E-state index contributed by atoms with van der Waals surface area (Å²) < 4.78 is 16.5. The van der Waals surface area contributed by atoms with E-state index in [2.05, 4.69) is 12.2 Å². The number of nitrogens with one attached hydrogen (secondary N) is 1. The number of hydrogen-bond donors (Lipinski definition) is 2. The number of ether oxygens (including phenoxy) is 3. The Morgan fingerprint density at radius 3 is 2.65 bits per heavy atom. The van der Waals surface area contributed by atoms with E-state index in [0.717, 1.165) is 30.0 Å². The maximum Gasteiger partial charge on any atom is 0.231 e. The highest BCUT2D eigenvalue weighted by Crippen LogP contribution is 2.38. The predicted octanol–water partition coefficient (Wildman–Crippen LogP) is 2.06. The highest BCUT2D eigenvalue weighted by Gasteiger charge is 2.20. The number of fused-ring (bicyclic) bond motifs is 1. The first-order valence-corrected chi connectivity index (χ1v) is 6.98. The van der Waals surface area contributed by atoms with E-state index < -0.39 is 5.60 Å². The summed E-state index contributed by atoms with van der Waals surface area (Å²) in [6.07, 6.45) is 1.07. The minimum atomic E-state index is -0.871. The fourth-order valence-electron chi connectivity index (χ4n) is 1.89. The largest absolute Gasteiger partial charge is 0.490 e. The molecule has 112 valence electrons. The first kappa shape index (κ1) is 14.9. The third-order valence-corrected chi connectivity index (χ3v) is 2.88. The second-order valence-electron chi connectivity index (χ2n) is 5.59. The summed E-state index contributed by atoms with van der Waals surface area (Å²) in [6, 6.07) is 3.77. The zero-order valence-corrected chi connectivity index (χ0v) is 12.4. The van der Waals surface area contributed by atoms with Crippen LogP contribution < -0.4 is 19.5 Å². The van der Waals surface area contributed by atoms with Crippen molar-refractivity contribution >= 4 is 0 Å². The van der Waals surface area contributed by atoms with E-state index in [-0.39, 0.29) is 13.4 Å². The lowest BCUT2D eigenvalue weighted by Crippen LogP contribution is -2.28. The Hall–Kier alpha value is -1.46. The lowest BCUT2D eigenvalue weighted by Gasteiger charge is -2.20. The predicted molar refractivity (Wildman–Crippen MR) is 76.4 cm³/mol. The van der Waals surface area contributed by atoms with Crippen molar-refractivity contribution in [3.63, 3.8) is 0 Å². The molecule has 0 aromatic heterocycles. The highest BCUT2D eigenvalue weighted by atomic mass is 16.7. The summed E-state index contributed by atoms with van der Waals surface area (Å²) in [6.45, 7) is 7.67. The van der Waals surface area contributed by atoms with E-state index in [1.54, 1.807) is 13.8 Å². The molecule has 5 heteroatoms. The third kappa shape index (κ3) is 4.02. The lowest BCUT2D eigenvalue weighted by molar-refractivity contribution is 0.0280. The molecule has 0 bridgehead atoms. The maximum absolute atomic E-state index is 9.78. The van der Waals surface area contributed by atoms with Crippen LogP contribution in [-0.2, 0) is 6.54 Å². The molecule has 0 spiro atoms. The quantitative estimate of drug-likeness (QED) is 0.749. The van der Waals surface area contributed by atoms with Crippen molar-refractivity contribution in [3.05, 3.63) is 17.7 Å². The molecule has 0 saturated carbocycles. The van der Waals surface area contributed by atoms with Crippen LogP contribution >= 0.6 is 0 Å². The molecule has 0 fully saturated rings. The van der Waals surface area contributed by atoms with Gasteiger partial charge in [0.05, 0.1) is 5.60 Å². The van der Waals surface area contributed by atoms with Crippen LogP contribution in [0.15, 0.2) is 12.1 Å². The summed E-state index contributed by atoms with van der Waals surface area (Å²) in [7, 11) is 0. The van der Waals surface area contributed by atoms with Gasteiger partial charge in [0.15, 0.2) is 11.5 Å². The highest BCUT2D eigenvalue weighted by molar-refractivity contribution is 5.51. The smallest absolute Gasteiger partial charge is 0.231 e. The van der Waals surface area contributed by atoms with Crippen molar-refractivity contribution < 1.29 is 19.3 Å². The molecular weight excluding hydrogens is 258 g/mol. The van der Waals surface area contributed by atoms with Crippen LogP contribution in [0.3, 0.4) is 0 Å². The van der Waals surface area contributed by atoms with E-state index in [9.17, 15) is 5.11 Å². The second kappa shape index (κ2) is 6.33. The van der Waals surface area contributed by atoms with Gasteiger partial charge in [0.2, 0.25) is 6.79 Å². The number of benzene rings is 1. The second-order valence-corrected chi connectivity index (χ2v) is 5.59. The normalized spacial score (nSPS) is 13.6. The molecular formula is C15H23NO4. The van der Waals surface area contributed by atoms with Gasteiger partial charge < -0.3 is 24.6 Å². The molecule has 0 amide bonds. The van der Waals surface area contributed by atoms with Gasteiger partial charge in [-0.3, -0.25) is 0 Å². The van der Waals surface area contributed by atoms with Crippen molar-refractivity contribution in [2.75, 3.05) is 19.9 Å². The van der Waals surface area contributed by atoms with Gasteiger partial charge in [0.1, 0.15) is 12.4 Å². The van der Waals surface area contributed by atoms with E-state index in [0.29, 0.717) is 12.3 Å². The van der Waals surface area contributed by atoms with Crippen LogP contribution in [0.1, 0.15) is 32.8 Å². The zero-order valence-electron chi connectivity index (χ0n) is 12.4. The first-order chi connectivity index (χ1) is 9.49. The number of aliphatic hydroxyl groups is 1. The first-order valence-electron chi connectivity index (χ1n) is 6.98. The fourth-order valence-corrected chi connectivity index (χ4v) is 1.89. The Labute approximate surface area is 119 Å². The zero-order chi connectivity index (χ0) is 14.6. The average molecular weight is 281 g/mol. The van der Waals surface area contributed by atoms with Crippen LogP contribution in [0, 0.1) is 0 Å². The number of rotatable bonds is 7. The van der Waals surface area contributed by atoms with E-state index in [1.165, 1.54) is 0 Å². The SMILES string of the molecule is CCCNCc1cc2c(cc1OCC(C)(C)O)OCO2. The van der Waals surface area contributed by atoms with Gasteiger partial charge in [-0.15, -0.1) is 0 Å². The minimum Gasteiger partial charge on any atom is -0.490 e. The van der Waals surface area contributed by atoms with Gasteiger partial charge in [-0.2, -0.15) is 0 Å². The molecule has 0 unspecified atom stereocenters. The molecule has 5 nitrogen and oxygen atoms in total. The van der Waals surface area contributed by atoms with Gasteiger partial charge in [-0.1, -0.05) is 6.92 Å². The summed E-state index contributed by atoms with van der Waals surface area (Å²) in [5.41, 5.74) is 0.136. The van der Waals surface area contributed by atoms with E-state index in [4.69, 9.17) is 14.2 Å². The van der Waals surface area contributed by atoms with Gasteiger partial charge in [-0.05, 0) is 32.9 Å². The molecule has 20 heavy (non-hydrogen) atoms. The van der Waals surface area contributed by atoms with E-state index >= 15 is 0 Å². The fraction of sp³-hybridized carbons (Fsp3) is 0.600. The summed E-state index contributed by atoms with van der Waals surface area (Å²) in [5, 5.41) is 13.1. The third-order valence-electron chi connectivity index (χ3n) is 2.88. The molecule has 1 aliphatic rings. The molecule has 1 aromatic carbocycles. The molecule has 1 heterocycles. The Morgan fingerprint density at radius 1 is 1.30 bits per heavy atom. The monoisotopic (exact) mass is 281 g/mol. The molecule has 0 aliphatic carbocycles. The molecule has 0 atom stereocenters. The van der Waals surface area contributed by atoms with Crippen molar-refractivity contribution in [3.8, 4) is 17.2 Å². The standard InChI is InChI=1S/C15H23NO4/c1-4-5-16-8-11-6-13-14(20-10-19-13)7-12(11)18-9-15(2,3)17/h6-7,16-17H,4-5,8-10H2,1-3H3. The minimum absolute atomic E-state index is 0.230. The Kier molecular flexibility index (Phi) is 4.73. The van der Waals surface area contributed by atoms with Crippen molar-refractivity contribution in [1.29, 1.82) is 0 Å². The Balaban J connectivity index is 2.13.